The summed E-state index contributed by atoms with van der Waals surface area (Å²) in [5.41, 5.74) is 1.91. The number of hydrogen-bond acceptors (Lipinski definition) is 5. The monoisotopic (exact) mass is 415 g/mol. The summed E-state index contributed by atoms with van der Waals surface area (Å²) >= 11 is 7.29. The molecule has 0 radical (unpaired) electrons. The van der Waals surface area contributed by atoms with Gasteiger partial charge >= 0.3 is 0 Å². The molecule has 0 saturated carbocycles. The Labute approximate surface area is 174 Å². The van der Waals surface area contributed by atoms with Crippen LogP contribution in [0.1, 0.15) is 30.9 Å². The average Bonchev–Trinajstić information content (AvgIpc) is 3.04. The predicted octanol–water partition coefficient (Wildman–Crippen LogP) is 4.68. The standard InChI is InChI=1S/C21H22ClN3O2S/c1-2-3-12-27-18-7-5-4-6-16(18)14-23-25-21-24-20(26)19(28-21)13-15-8-10-17(22)11-9-15/h4-11,14,19H,2-3,12-13H2,1H3,(H,24,25,26)/b23-14+. The van der Waals surface area contributed by atoms with Crippen LogP contribution in [0.15, 0.2) is 58.7 Å². The van der Waals surface area contributed by atoms with Gasteiger partial charge in [0.1, 0.15) is 5.75 Å². The third kappa shape index (κ3) is 5.84. The minimum Gasteiger partial charge on any atom is -0.493 e. The molecule has 1 aliphatic heterocycles. The van der Waals surface area contributed by atoms with Gasteiger partial charge < -0.3 is 10.1 Å². The first-order valence-electron chi connectivity index (χ1n) is 9.20. The first-order valence-corrected chi connectivity index (χ1v) is 10.5. The number of thioether (sulfide) groups is 1. The molecule has 0 aromatic heterocycles. The highest BCUT2D eigenvalue weighted by Crippen LogP contribution is 2.24. The summed E-state index contributed by atoms with van der Waals surface area (Å²) in [6.45, 7) is 2.80. The Morgan fingerprint density at radius 2 is 2.00 bits per heavy atom. The summed E-state index contributed by atoms with van der Waals surface area (Å²) in [5, 5.41) is 12.0. The molecule has 0 aliphatic carbocycles. The van der Waals surface area contributed by atoms with E-state index in [0.29, 0.717) is 23.2 Å². The second kappa shape index (κ2) is 10.3. The van der Waals surface area contributed by atoms with E-state index < -0.39 is 0 Å². The maximum atomic E-state index is 12.2. The molecule has 1 atom stereocenters. The lowest BCUT2D eigenvalue weighted by Gasteiger charge is -2.07. The topological polar surface area (TPSA) is 63.1 Å². The molecule has 0 bridgehead atoms. The Bertz CT molecular complexity index is 868. The van der Waals surface area contributed by atoms with Gasteiger partial charge in [-0.2, -0.15) is 5.10 Å². The molecule has 1 fully saturated rings. The number of para-hydroxylation sites is 1. The minimum absolute atomic E-state index is 0.0581. The summed E-state index contributed by atoms with van der Waals surface area (Å²) in [7, 11) is 0. The zero-order valence-corrected chi connectivity index (χ0v) is 17.2. The van der Waals surface area contributed by atoms with E-state index in [0.717, 1.165) is 29.7 Å². The van der Waals surface area contributed by atoms with Crippen LogP contribution >= 0.6 is 23.4 Å². The molecule has 1 unspecified atom stereocenters. The number of rotatable bonds is 8. The van der Waals surface area contributed by atoms with Crippen molar-refractivity contribution < 1.29 is 9.53 Å². The molecule has 1 saturated heterocycles. The largest absolute Gasteiger partial charge is 0.493 e. The highest BCUT2D eigenvalue weighted by atomic mass is 35.5. The second-order valence-corrected chi connectivity index (χ2v) is 7.94. The number of carbonyl (C=O) groups excluding carboxylic acids is 1. The van der Waals surface area contributed by atoms with Gasteiger partial charge in [0.15, 0.2) is 5.17 Å². The van der Waals surface area contributed by atoms with E-state index in [1.54, 1.807) is 6.21 Å². The summed E-state index contributed by atoms with van der Waals surface area (Å²) in [6, 6.07) is 15.2. The van der Waals surface area contributed by atoms with Crippen molar-refractivity contribution in [2.45, 2.75) is 31.4 Å². The zero-order valence-electron chi connectivity index (χ0n) is 15.6. The fraction of sp³-hybridized carbons (Fsp3) is 0.286. The molecule has 0 spiro atoms. The molecule has 5 nitrogen and oxygen atoms in total. The van der Waals surface area contributed by atoms with Crippen molar-refractivity contribution in [2.24, 2.45) is 10.2 Å². The molecule has 1 N–H and O–H groups in total. The summed E-state index contributed by atoms with van der Waals surface area (Å²) in [4.78, 5) is 12.2. The van der Waals surface area contributed by atoms with E-state index >= 15 is 0 Å². The van der Waals surface area contributed by atoms with Crippen molar-refractivity contribution in [3.63, 3.8) is 0 Å². The third-order valence-electron chi connectivity index (χ3n) is 4.13. The number of unbranched alkanes of at least 4 members (excludes halogenated alkanes) is 1. The lowest BCUT2D eigenvalue weighted by atomic mass is 10.1. The van der Waals surface area contributed by atoms with E-state index in [9.17, 15) is 4.79 Å². The molecule has 1 aliphatic rings. The van der Waals surface area contributed by atoms with Crippen LogP contribution < -0.4 is 10.1 Å². The molecule has 3 rings (SSSR count). The Morgan fingerprint density at radius 1 is 1.21 bits per heavy atom. The number of benzene rings is 2. The van der Waals surface area contributed by atoms with Crippen LogP contribution in [0.4, 0.5) is 0 Å². The fourth-order valence-electron chi connectivity index (χ4n) is 2.61. The molecule has 1 heterocycles. The highest BCUT2D eigenvalue weighted by molar-refractivity contribution is 8.15. The minimum atomic E-state index is -0.222. The maximum Gasteiger partial charge on any atom is 0.239 e. The number of amidine groups is 1. The number of ether oxygens (including phenoxy) is 1. The first kappa shape index (κ1) is 20.4. The number of hydrogen-bond donors (Lipinski definition) is 1. The van der Waals surface area contributed by atoms with Crippen molar-refractivity contribution in [2.75, 3.05) is 6.61 Å². The third-order valence-corrected chi connectivity index (χ3v) is 5.45. The van der Waals surface area contributed by atoms with Crippen LogP contribution in [-0.2, 0) is 11.2 Å². The van der Waals surface area contributed by atoms with Gasteiger partial charge in [0, 0.05) is 10.6 Å². The van der Waals surface area contributed by atoms with Crippen molar-refractivity contribution in [3.8, 4) is 5.75 Å². The average molecular weight is 416 g/mol. The van der Waals surface area contributed by atoms with E-state index in [-0.39, 0.29) is 11.2 Å². The van der Waals surface area contributed by atoms with Crippen LogP contribution in [0.3, 0.4) is 0 Å². The molecule has 28 heavy (non-hydrogen) atoms. The van der Waals surface area contributed by atoms with Crippen molar-refractivity contribution >= 4 is 40.7 Å². The molecule has 2 aromatic carbocycles. The molecule has 7 heteroatoms. The SMILES string of the molecule is CCCCOc1ccccc1/C=N/N=C1\NC(=O)C(Cc2ccc(Cl)cc2)S1. The summed E-state index contributed by atoms with van der Waals surface area (Å²) < 4.78 is 5.78. The summed E-state index contributed by atoms with van der Waals surface area (Å²) in [5.74, 6) is 0.723. The summed E-state index contributed by atoms with van der Waals surface area (Å²) in [6.07, 6.45) is 4.35. The number of halogens is 1. The zero-order chi connectivity index (χ0) is 19.8. The van der Waals surface area contributed by atoms with Gasteiger partial charge in [-0.1, -0.05) is 61.0 Å². The lowest BCUT2D eigenvalue weighted by Crippen LogP contribution is -2.25. The van der Waals surface area contributed by atoms with Crippen LogP contribution in [-0.4, -0.2) is 29.1 Å². The molecule has 146 valence electrons. The van der Waals surface area contributed by atoms with E-state index in [4.69, 9.17) is 16.3 Å². The molecular weight excluding hydrogens is 394 g/mol. The second-order valence-electron chi connectivity index (χ2n) is 6.32. The van der Waals surface area contributed by atoms with Gasteiger partial charge in [0.2, 0.25) is 5.91 Å². The van der Waals surface area contributed by atoms with Crippen LogP contribution in [0.25, 0.3) is 0 Å². The quantitative estimate of drug-likeness (QED) is 0.386. The Hall–Kier alpha value is -2.31. The Morgan fingerprint density at radius 3 is 2.79 bits per heavy atom. The number of nitrogens with one attached hydrogen (secondary N) is 1. The van der Waals surface area contributed by atoms with Gasteiger partial charge in [-0.15, -0.1) is 5.10 Å². The van der Waals surface area contributed by atoms with Crippen molar-refractivity contribution in [1.82, 2.24) is 5.32 Å². The maximum absolute atomic E-state index is 12.2. The number of amides is 1. The molecule has 2 aromatic rings. The number of carbonyl (C=O) groups is 1. The first-order chi connectivity index (χ1) is 13.7. The predicted molar refractivity (Wildman–Crippen MR) is 117 cm³/mol. The highest BCUT2D eigenvalue weighted by Gasteiger charge is 2.30. The van der Waals surface area contributed by atoms with Crippen LogP contribution in [0.5, 0.6) is 5.75 Å². The van der Waals surface area contributed by atoms with E-state index in [1.807, 2.05) is 48.5 Å². The smallest absolute Gasteiger partial charge is 0.239 e. The van der Waals surface area contributed by atoms with Gasteiger partial charge in [-0.3, -0.25) is 4.79 Å². The van der Waals surface area contributed by atoms with Crippen molar-refractivity contribution in [3.05, 3.63) is 64.7 Å². The molecule has 1 amide bonds. The van der Waals surface area contributed by atoms with Gasteiger partial charge in [0.25, 0.3) is 0 Å². The van der Waals surface area contributed by atoms with Gasteiger partial charge in [-0.05, 0) is 42.7 Å². The fourth-order valence-corrected chi connectivity index (χ4v) is 3.70. The van der Waals surface area contributed by atoms with Crippen LogP contribution in [0, 0.1) is 0 Å². The lowest BCUT2D eigenvalue weighted by molar-refractivity contribution is -0.118. The van der Waals surface area contributed by atoms with Gasteiger partial charge in [0.05, 0.1) is 18.1 Å². The Balaban J connectivity index is 1.60. The molecular formula is C21H22ClN3O2S. The van der Waals surface area contributed by atoms with Crippen LogP contribution in [0.2, 0.25) is 5.02 Å². The van der Waals surface area contributed by atoms with Crippen molar-refractivity contribution in [1.29, 1.82) is 0 Å². The normalized spacial score (nSPS) is 18.0. The Kier molecular flexibility index (Phi) is 7.51. The number of nitrogens with zero attached hydrogens (tertiary/aromatic N) is 2. The van der Waals surface area contributed by atoms with Gasteiger partial charge in [-0.25, -0.2) is 0 Å². The van der Waals surface area contributed by atoms with E-state index in [2.05, 4.69) is 22.4 Å². The van der Waals surface area contributed by atoms with E-state index in [1.165, 1.54) is 11.8 Å².